The normalized spacial score (nSPS) is 15.1. The van der Waals surface area contributed by atoms with Gasteiger partial charge in [0, 0.05) is 25.1 Å². The third-order valence-electron chi connectivity index (χ3n) is 4.32. The maximum atomic E-state index is 13.7. The van der Waals surface area contributed by atoms with E-state index >= 15 is 0 Å². The van der Waals surface area contributed by atoms with Crippen LogP contribution in [0.25, 0.3) is 0 Å². The molecule has 0 aliphatic carbocycles. The molecule has 0 amide bonds. The van der Waals surface area contributed by atoms with Gasteiger partial charge in [-0.2, -0.15) is 0 Å². The van der Waals surface area contributed by atoms with Crippen LogP contribution >= 0.6 is 7.37 Å². The lowest BCUT2D eigenvalue weighted by Gasteiger charge is -2.27. The summed E-state index contributed by atoms with van der Waals surface area (Å²) in [5.41, 5.74) is 2.78. The maximum absolute atomic E-state index is 13.7. The average Bonchev–Trinajstić information content (AvgIpc) is 2.60. The zero-order valence-electron chi connectivity index (χ0n) is 16.5. The number of benzene rings is 2. The van der Waals surface area contributed by atoms with E-state index in [1.165, 1.54) is 5.56 Å². The standard InChI is InChI=1S/C21H30NO3P/c1-15(2)17-7-9-18(10-8-17)21(23)26(24,25-16(3)4)20-13-11-19(12-14-20)22(5)6/h7-16,21,23H,1-6H3/t21-,26-/m0/s1. The van der Waals surface area contributed by atoms with Gasteiger partial charge < -0.3 is 14.5 Å². The second-order valence-corrected chi connectivity index (χ2v) is 9.77. The van der Waals surface area contributed by atoms with Crippen molar-refractivity contribution in [1.82, 2.24) is 0 Å². The molecule has 0 aliphatic rings. The highest BCUT2D eigenvalue weighted by atomic mass is 31.2. The van der Waals surface area contributed by atoms with Gasteiger partial charge in [0.05, 0.1) is 6.10 Å². The number of aliphatic hydroxyl groups excluding tert-OH is 1. The van der Waals surface area contributed by atoms with Gasteiger partial charge in [0.1, 0.15) is 0 Å². The van der Waals surface area contributed by atoms with Crippen LogP contribution in [0.15, 0.2) is 48.5 Å². The molecule has 5 heteroatoms. The molecular formula is C21H30NO3P. The Kier molecular flexibility index (Phi) is 6.68. The molecule has 1 N–H and O–H groups in total. The quantitative estimate of drug-likeness (QED) is 0.700. The second kappa shape index (κ2) is 8.39. The number of nitrogens with zero attached hydrogens (tertiary/aromatic N) is 1. The molecule has 2 rings (SSSR count). The molecule has 0 radical (unpaired) electrons. The van der Waals surface area contributed by atoms with E-state index in [1.54, 1.807) is 12.1 Å². The summed E-state index contributed by atoms with van der Waals surface area (Å²) in [5, 5.41) is 11.5. The van der Waals surface area contributed by atoms with E-state index in [9.17, 15) is 9.67 Å². The molecule has 2 aromatic rings. The molecule has 0 aromatic heterocycles. The van der Waals surface area contributed by atoms with Gasteiger partial charge in [0.15, 0.2) is 5.85 Å². The Morgan fingerprint density at radius 2 is 1.38 bits per heavy atom. The molecule has 2 atom stereocenters. The lowest BCUT2D eigenvalue weighted by Crippen LogP contribution is -2.18. The fraction of sp³-hybridized carbons (Fsp3) is 0.429. The van der Waals surface area contributed by atoms with E-state index in [4.69, 9.17) is 4.52 Å². The number of rotatable bonds is 7. The van der Waals surface area contributed by atoms with E-state index in [-0.39, 0.29) is 6.10 Å². The van der Waals surface area contributed by atoms with Crippen LogP contribution in [0.4, 0.5) is 5.69 Å². The topological polar surface area (TPSA) is 49.8 Å². The van der Waals surface area contributed by atoms with Gasteiger partial charge in [0.25, 0.3) is 7.37 Å². The van der Waals surface area contributed by atoms with Crippen molar-refractivity contribution in [2.24, 2.45) is 0 Å². The van der Waals surface area contributed by atoms with Crippen molar-refractivity contribution in [2.75, 3.05) is 19.0 Å². The first kappa shape index (κ1) is 20.7. The molecule has 4 nitrogen and oxygen atoms in total. The van der Waals surface area contributed by atoms with Gasteiger partial charge >= 0.3 is 0 Å². The monoisotopic (exact) mass is 375 g/mol. The molecule has 0 bridgehead atoms. The van der Waals surface area contributed by atoms with Crippen molar-refractivity contribution < 1.29 is 14.2 Å². The molecule has 0 aliphatic heterocycles. The number of hydrogen-bond donors (Lipinski definition) is 1. The summed E-state index contributed by atoms with van der Waals surface area (Å²) in [5.74, 6) is -0.796. The lowest BCUT2D eigenvalue weighted by atomic mass is 10.0. The van der Waals surface area contributed by atoms with Crippen molar-refractivity contribution in [3.05, 3.63) is 59.7 Å². The van der Waals surface area contributed by atoms with Crippen molar-refractivity contribution in [1.29, 1.82) is 0 Å². The van der Waals surface area contributed by atoms with Crippen LogP contribution in [0.2, 0.25) is 0 Å². The van der Waals surface area contributed by atoms with Crippen molar-refractivity contribution in [3.8, 4) is 0 Å². The minimum atomic E-state index is -3.49. The number of aliphatic hydroxyl groups is 1. The SMILES string of the molecule is CC(C)O[P@@](=O)(c1ccc(N(C)C)cc1)[C@H](O)c1ccc(C(C)C)cc1. The van der Waals surface area contributed by atoms with Crippen LogP contribution in [-0.4, -0.2) is 25.3 Å². The predicted molar refractivity (Wildman–Crippen MR) is 110 cm³/mol. The molecule has 2 aromatic carbocycles. The summed E-state index contributed by atoms with van der Waals surface area (Å²) >= 11 is 0. The highest BCUT2D eigenvalue weighted by Crippen LogP contribution is 2.58. The van der Waals surface area contributed by atoms with Gasteiger partial charge in [-0.3, -0.25) is 4.57 Å². The first-order valence-electron chi connectivity index (χ1n) is 8.99. The minimum Gasteiger partial charge on any atom is -0.378 e. The van der Waals surface area contributed by atoms with Gasteiger partial charge in [-0.15, -0.1) is 0 Å². The zero-order valence-corrected chi connectivity index (χ0v) is 17.4. The zero-order chi connectivity index (χ0) is 19.5. The summed E-state index contributed by atoms with van der Waals surface area (Å²) in [6.07, 6.45) is -0.265. The first-order valence-corrected chi connectivity index (χ1v) is 10.7. The van der Waals surface area contributed by atoms with E-state index in [0.29, 0.717) is 16.8 Å². The molecule has 0 spiro atoms. The van der Waals surface area contributed by atoms with Crippen LogP contribution in [0.1, 0.15) is 50.6 Å². The Morgan fingerprint density at radius 3 is 1.81 bits per heavy atom. The summed E-state index contributed by atoms with van der Waals surface area (Å²) in [7, 11) is 0.405. The number of hydrogen-bond acceptors (Lipinski definition) is 4. The molecule has 0 unspecified atom stereocenters. The minimum absolute atomic E-state index is 0.265. The molecular weight excluding hydrogens is 345 g/mol. The highest BCUT2D eigenvalue weighted by Gasteiger charge is 2.37. The lowest BCUT2D eigenvalue weighted by molar-refractivity contribution is 0.189. The summed E-state index contributed by atoms with van der Waals surface area (Å²) < 4.78 is 19.5. The van der Waals surface area contributed by atoms with E-state index in [2.05, 4.69) is 13.8 Å². The van der Waals surface area contributed by atoms with Crippen LogP contribution in [0.3, 0.4) is 0 Å². The molecule has 0 heterocycles. The molecule has 0 saturated carbocycles. The van der Waals surface area contributed by atoms with E-state index < -0.39 is 13.2 Å². The Morgan fingerprint density at radius 1 is 0.885 bits per heavy atom. The van der Waals surface area contributed by atoms with Gasteiger partial charge in [-0.1, -0.05) is 38.1 Å². The largest absolute Gasteiger partial charge is 0.378 e. The van der Waals surface area contributed by atoms with Crippen LogP contribution in [-0.2, 0) is 9.09 Å². The molecule has 26 heavy (non-hydrogen) atoms. The third kappa shape index (κ3) is 4.56. The number of anilines is 1. The fourth-order valence-electron chi connectivity index (χ4n) is 2.78. The molecule has 0 fully saturated rings. The van der Waals surface area contributed by atoms with Crippen molar-refractivity contribution in [3.63, 3.8) is 0 Å². The Balaban J connectivity index is 2.42. The van der Waals surface area contributed by atoms with Gasteiger partial charge in [-0.25, -0.2) is 0 Å². The average molecular weight is 375 g/mol. The smallest absolute Gasteiger partial charge is 0.264 e. The summed E-state index contributed by atoms with van der Waals surface area (Å²) in [6, 6.07) is 15.0. The molecule has 142 valence electrons. The van der Waals surface area contributed by atoms with Crippen LogP contribution < -0.4 is 10.2 Å². The summed E-state index contributed by atoms with van der Waals surface area (Å²) in [6.45, 7) is 7.89. The summed E-state index contributed by atoms with van der Waals surface area (Å²) in [4.78, 5) is 1.97. The first-order chi connectivity index (χ1) is 12.1. The van der Waals surface area contributed by atoms with Crippen molar-refractivity contribution in [2.45, 2.75) is 45.6 Å². The van der Waals surface area contributed by atoms with Crippen molar-refractivity contribution >= 4 is 18.4 Å². The predicted octanol–water partition coefficient (Wildman–Crippen LogP) is 4.90. The Hall–Kier alpha value is -1.61. The maximum Gasteiger partial charge on any atom is 0.264 e. The second-order valence-electron chi connectivity index (χ2n) is 7.36. The van der Waals surface area contributed by atoms with Gasteiger partial charge in [0.2, 0.25) is 0 Å². The van der Waals surface area contributed by atoms with E-state index in [1.807, 2.05) is 69.2 Å². The Bertz CT molecular complexity index is 752. The van der Waals surface area contributed by atoms with E-state index in [0.717, 1.165) is 5.69 Å². The van der Waals surface area contributed by atoms with Gasteiger partial charge in [-0.05, 0) is 55.2 Å². The Labute approximate surface area is 157 Å². The highest BCUT2D eigenvalue weighted by molar-refractivity contribution is 7.67. The van der Waals surface area contributed by atoms with Crippen LogP contribution in [0, 0.1) is 0 Å². The molecule has 0 saturated heterocycles. The van der Waals surface area contributed by atoms with Crippen LogP contribution in [0.5, 0.6) is 0 Å². The fourth-order valence-corrected chi connectivity index (χ4v) is 5.06. The third-order valence-corrected chi connectivity index (χ3v) is 7.01.